The predicted molar refractivity (Wildman–Crippen MR) is 143 cm³/mol. The predicted octanol–water partition coefficient (Wildman–Crippen LogP) is 5.14. The lowest BCUT2D eigenvalue weighted by Gasteiger charge is -2.29. The third-order valence-corrected chi connectivity index (χ3v) is 6.73. The molecule has 36 heavy (non-hydrogen) atoms. The summed E-state index contributed by atoms with van der Waals surface area (Å²) in [4.78, 5) is 33.6. The lowest BCUT2D eigenvalue weighted by molar-refractivity contribution is 0.0992. The van der Waals surface area contributed by atoms with Crippen molar-refractivity contribution >= 4 is 22.5 Å². The van der Waals surface area contributed by atoms with Crippen LogP contribution in [0.4, 0.5) is 5.82 Å². The Morgan fingerprint density at radius 3 is 2.69 bits per heavy atom. The Balaban J connectivity index is 1.35. The first-order valence-corrected chi connectivity index (χ1v) is 12.6. The minimum absolute atomic E-state index is 0.0825. The molecule has 1 aliphatic heterocycles. The van der Waals surface area contributed by atoms with Crippen LogP contribution >= 0.6 is 0 Å². The molecule has 0 radical (unpaired) electrons. The van der Waals surface area contributed by atoms with Crippen LogP contribution in [0.1, 0.15) is 54.2 Å². The van der Waals surface area contributed by atoms with Gasteiger partial charge in [0, 0.05) is 34.4 Å². The number of piperidine rings is 1. The third-order valence-electron chi connectivity index (χ3n) is 6.73. The Morgan fingerprint density at radius 1 is 1.06 bits per heavy atom. The van der Waals surface area contributed by atoms with Gasteiger partial charge < -0.3 is 10.2 Å². The van der Waals surface area contributed by atoms with Crippen LogP contribution < -0.4 is 5.32 Å². The average molecular weight is 481 g/mol. The van der Waals surface area contributed by atoms with Crippen molar-refractivity contribution in [2.75, 3.05) is 25.5 Å². The minimum atomic E-state index is 0.0825. The van der Waals surface area contributed by atoms with Crippen LogP contribution in [0.15, 0.2) is 61.2 Å². The molecule has 0 unspecified atom stereocenters. The van der Waals surface area contributed by atoms with Crippen molar-refractivity contribution in [2.24, 2.45) is 0 Å². The largest absolute Gasteiger partial charge is 0.367 e. The van der Waals surface area contributed by atoms with Crippen molar-refractivity contribution in [3.05, 3.63) is 78.0 Å². The minimum Gasteiger partial charge on any atom is -0.367 e. The number of ketones is 1. The zero-order chi connectivity index (χ0) is 25.1. The third kappa shape index (κ3) is 5.57. The van der Waals surface area contributed by atoms with Gasteiger partial charge in [-0.2, -0.15) is 0 Å². The topological polar surface area (TPSA) is 83.9 Å². The summed E-state index contributed by atoms with van der Waals surface area (Å²) in [7, 11) is 2.17. The highest BCUT2D eigenvalue weighted by atomic mass is 16.1. The first-order chi connectivity index (χ1) is 17.4. The number of fused-ring (bicyclic) bond motifs is 1. The van der Waals surface area contributed by atoms with Gasteiger partial charge in [-0.05, 0) is 76.5 Å². The lowest BCUT2D eigenvalue weighted by atomic mass is 9.88. The Labute approximate surface area is 212 Å². The number of benzene rings is 1. The summed E-state index contributed by atoms with van der Waals surface area (Å²) < 4.78 is 0. The quantitative estimate of drug-likeness (QED) is 0.367. The summed E-state index contributed by atoms with van der Waals surface area (Å²) in [6.07, 6.45) is 9.49. The maximum atomic E-state index is 13.2. The van der Waals surface area contributed by atoms with Gasteiger partial charge in [0.15, 0.2) is 5.78 Å². The van der Waals surface area contributed by atoms with Gasteiger partial charge >= 0.3 is 0 Å². The van der Waals surface area contributed by atoms with Gasteiger partial charge in [-0.1, -0.05) is 18.2 Å². The van der Waals surface area contributed by atoms with E-state index in [1.807, 2.05) is 24.3 Å². The molecule has 7 heteroatoms. The molecular formula is C29H32N6O. The lowest BCUT2D eigenvalue weighted by Crippen LogP contribution is -2.29. The summed E-state index contributed by atoms with van der Waals surface area (Å²) in [5, 5.41) is 4.21. The number of carbonyl (C=O) groups is 1. The van der Waals surface area contributed by atoms with Crippen molar-refractivity contribution in [1.29, 1.82) is 0 Å². The number of hydrogen-bond acceptors (Lipinski definition) is 7. The van der Waals surface area contributed by atoms with Gasteiger partial charge in [-0.25, -0.2) is 4.98 Å². The molecule has 0 aliphatic carbocycles. The maximum Gasteiger partial charge on any atom is 0.168 e. The SMILES string of the molecule is CC(C)Nc1cncc(-c2cnc3cnc(CC(=O)c4cccc(C5CCN(C)CC5)c4)cc3c2)n1. The second-order valence-electron chi connectivity index (χ2n) is 9.98. The van der Waals surface area contributed by atoms with Crippen molar-refractivity contribution in [3.63, 3.8) is 0 Å². The molecule has 0 saturated carbocycles. The Kier molecular flexibility index (Phi) is 7.00. The highest BCUT2D eigenvalue weighted by Gasteiger charge is 2.19. The van der Waals surface area contributed by atoms with Crippen molar-refractivity contribution in [3.8, 4) is 11.3 Å². The van der Waals surface area contributed by atoms with E-state index < -0.39 is 0 Å². The molecule has 4 heterocycles. The van der Waals surface area contributed by atoms with E-state index >= 15 is 0 Å². The van der Waals surface area contributed by atoms with Crippen LogP contribution in [0.25, 0.3) is 22.2 Å². The number of hydrogen-bond donors (Lipinski definition) is 1. The molecule has 0 spiro atoms. The zero-order valence-electron chi connectivity index (χ0n) is 21.1. The van der Waals surface area contributed by atoms with Gasteiger partial charge in [0.25, 0.3) is 0 Å². The van der Waals surface area contributed by atoms with Gasteiger partial charge in [0.1, 0.15) is 5.82 Å². The van der Waals surface area contributed by atoms with E-state index in [-0.39, 0.29) is 18.2 Å². The van der Waals surface area contributed by atoms with Crippen LogP contribution in [0, 0.1) is 0 Å². The Bertz CT molecular complexity index is 1380. The second kappa shape index (κ2) is 10.5. The molecule has 0 bridgehead atoms. The molecule has 1 saturated heterocycles. The van der Waals surface area contributed by atoms with Gasteiger partial charge in [0.05, 0.1) is 36.2 Å². The number of Topliss-reactive ketones (excluding diaryl/α,β-unsaturated/α-hetero) is 1. The monoisotopic (exact) mass is 480 g/mol. The fraction of sp³-hybridized carbons (Fsp3) is 0.345. The van der Waals surface area contributed by atoms with Gasteiger partial charge in [-0.3, -0.25) is 19.7 Å². The van der Waals surface area contributed by atoms with Crippen molar-refractivity contribution in [1.82, 2.24) is 24.8 Å². The molecule has 5 rings (SSSR count). The molecule has 3 aromatic heterocycles. The number of nitrogens with zero attached hydrogens (tertiary/aromatic N) is 5. The van der Waals surface area contributed by atoms with E-state index in [0.29, 0.717) is 5.92 Å². The average Bonchev–Trinajstić information content (AvgIpc) is 2.88. The highest BCUT2D eigenvalue weighted by molar-refractivity contribution is 5.98. The normalized spacial score (nSPS) is 14.9. The van der Waals surface area contributed by atoms with Gasteiger partial charge in [-0.15, -0.1) is 0 Å². The van der Waals surface area contributed by atoms with Crippen LogP contribution in [-0.2, 0) is 6.42 Å². The maximum absolute atomic E-state index is 13.2. The van der Waals surface area contributed by atoms with Crippen LogP contribution in [0.2, 0.25) is 0 Å². The zero-order valence-corrected chi connectivity index (χ0v) is 21.1. The second-order valence-corrected chi connectivity index (χ2v) is 9.98. The standard InChI is InChI=1S/C29H32N6O/c1-19(2)33-29-18-30-16-27(34-29)24-12-23-13-25(31-17-26(23)32-15-24)14-28(36)22-6-4-5-21(11-22)20-7-9-35(3)10-8-20/h4-6,11-13,15-20H,7-10,14H2,1-3H3,(H,33,34). The first kappa shape index (κ1) is 24.0. The number of aromatic nitrogens is 4. The first-order valence-electron chi connectivity index (χ1n) is 12.6. The summed E-state index contributed by atoms with van der Waals surface area (Å²) in [6, 6.07) is 12.4. The molecule has 4 aromatic rings. The van der Waals surface area contributed by atoms with E-state index in [0.717, 1.165) is 65.2 Å². The molecule has 1 fully saturated rings. The molecule has 1 aromatic carbocycles. The number of likely N-dealkylation sites (tertiary alicyclic amines) is 1. The summed E-state index contributed by atoms with van der Waals surface area (Å²) in [5.74, 6) is 1.33. The molecule has 0 amide bonds. The summed E-state index contributed by atoms with van der Waals surface area (Å²) in [5.41, 5.74) is 5.16. The van der Waals surface area contributed by atoms with E-state index in [1.54, 1.807) is 24.8 Å². The molecule has 1 aliphatic rings. The number of pyridine rings is 2. The molecular weight excluding hydrogens is 448 g/mol. The van der Waals surface area contributed by atoms with Gasteiger partial charge in [0.2, 0.25) is 0 Å². The molecule has 184 valence electrons. The van der Waals surface area contributed by atoms with E-state index in [4.69, 9.17) is 0 Å². The van der Waals surface area contributed by atoms with Crippen molar-refractivity contribution in [2.45, 2.75) is 45.1 Å². The fourth-order valence-corrected chi connectivity index (χ4v) is 4.76. The smallest absolute Gasteiger partial charge is 0.168 e. The number of nitrogens with one attached hydrogen (secondary N) is 1. The Hall–Kier alpha value is -3.71. The van der Waals surface area contributed by atoms with E-state index in [1.165, 1.54) is 5.56 Å². The number of rotatable bonds is 7. The van der Waals surface area contributed by atoms with Crippen molar-refractivity contribution < 1.29 is 4.79 Å². The van der Waals surface area contributed by atoms with Crippen LogP contribution in [-0.4, -0.2) is 56.8 Å². The number of carbonyl (C=O) groups excluding carboxylic acids is 1. The highest BCUT2D eigenvalue weighted by Crippen LogP contribution is 2.28. The van der Waals surface area contributed by atoms with E-state index in [9.17, 15) is 4.79 Å². The molecule has 1 N–H and O–H groups in total. The Morgan fingerprint density at radius 2 is 1.89 bits per heavy atom. The fourth-order valence-electron chi connectivity index (χ4n) is 4.76. The molecule has 0 atom stereocenters. The summed E-state index contributed by atoms with van der Waals surface area (Å²) >= 11 is 0. The number of anilines is 1. The van der Waals surface area contributed by atoms with E-state index in [2.05, 4.69) is 63.2 Å². The van der Waals surface area contributed by atoms with Crippen LogP contribution in [0.5, 0.6) is 0 Å². The van der Waals surface area contributed by atoms with Crippen LogP contribution in [0.3, 0.4) is 0 Å². The molecule has 7 nitrogen and oxygen atoms in total. The summed E-state index contributed by atoms with van der Waals surface area (Å²) in [6.45, 7) is 6.33.